The van der Waals surface area contributed by atoms with Crippen LogP contribution in [-0.4, -0.2) is 6.04 Å². The maximum Gasteiger partial charge on any atom is 0.0488 e. The zero-order valence-electron chi connectivity index (χ0n) is 11.3. The van der Waals surface area contributed by atoms with Gasteiger partial charge in [0.05, 0.1) is 0 Å². The molecule has 96 valence electrons. The van der Waals surface area contributed by atoms with E-state index in [2.05, 4.69) is 66.8 Å². The predicted molar refractivity (Wildman–Crippen MR) is 82.3 cm³/mol. The van der Waals surface area contributed by atoms with E-state index >= 15 is 0 Å². The number of allylic oxidation sites excluding steroid dienone is 1. The first kappa shape index (κ1) is 12.0. The fourth-order valence-corrected chi connectivity index (χ4v) is 2.79. The number of anilines is 1. The zero-order valence-corrected chi connectivity index (χ0v) is 11.3. The molecule has 1 atom stereocenters. The van der Waals surface area contributed by atoms with Crippen LogP contribution in [0.2, 0.25) is 0 Å². The van der Waals surface area contributed by atoms with Gasteiger partial charge < -0.3 is 5.32 Å². The van der Waals surface area contributed by atoms with Crippen molar-refractivity contribution in [2.24, 2.45) is 0 Å². The van der Waals surface area contributed by atoms with E-state index in [1.165, 1.54) is 22.4 Å². The Hall–Kier alpha value is -2.02. The van der Waals surface area contributed by atoms with Gasteiger partial charge in [-0.15, -0.1) is 0 Å². The number of rotatable bonds is 3. The molecule has 1 N–H and O–H groups in total. The third kappa shape index (κ3) is 2.55. The van der Waals surface area contributed by atoms with Gasteiger partial charge in [0, 0.05) is 11.7 Å². The summed E-state index contributed by atoms with van der Waals surface area (Å²) >= 11 is 0. The fourth-order valence-electron chi connectivity index (χ4n) is 2.79. The molecule has 1 unspecified atom stereocenters. The summed E-state index contributed by atoms with van der Waals surface area (Å²) in [6, 6.07) is 19.5. The molecule has 0 spiro atoms. The molecule has 0 radical (unpaired) electrons. The van der Waals surface area contributed by atoms with Crippen LogP contribution >= 0.6 is 0 Å². The molecule has 0 aliphatic heterocycles. The third-order valence-corrected chi connectivity index (χ3v) is 3.73. The predicted octanol–water partition coefficient (Wildman–Crippen LogP) is 4.52. The molecule has 1 aliphatic carbocycles. The number of fused-ring (bicyclic) bond motifs is 1. The molecule has 2 aromatic rings. The molecular weight excluding hydrogens is 230 g/mol. The second-order valence-corrected chi connectivity index (χ2v) is 5.09. The summed E-state index contributed by atoms with van der Waals surface area (Å²) in [7, 11) is 0. The molecule has 1 heteroatoms. The van der Waals surface area contributed by atoms with Crippen LogP contribution < -0.4 is 5.32 Å². The van der Waals surface area contributed by atoms with E-state index in [1.807, 2.05) is 6.07 Å². The van der Waals surface area contributed by atoms with E-state index in [0.29, 0.717) is 6.04 Å². The molecule has 0 fully saturated rings. The monoisotopic (exact) mass is 249 g/mol. The average Bonchev–Trinajstić information content (AvgIpc) is 2.47. The summed E-state index contributed by atoms with van der Waals surface area (Å²) in [5.41, 5.74) is 5.48. The Morgan fingerprint density at radius 1 is 0.947 bits per heavy atom. The molecule has 0 aromatic heterocycles. The van der Waals surface area contributed by atoms with Crippen LogP contribution in [0.4, 0.5) is 5.69 Å². The van der Waals surface area contributed by atoms with Crippen molar-refractivity contribution in [2.75, 3.05) is 5.32 Å². The third-order valence-electron chi connectivity index (χ3n) is 3.73. The lowest BCUT2D eigenvalue weighted by atomic mass is 9.87. The molecule has 1 nitrogen and oxygen atoms in total. The normalized spacial score (nSPS) is 15.3. The molecule has 0 heterocycles. The minimum atomic E-state index is 0.337. The lowest BCUT2D eigenvalue weighted by Gasteiger charge is -2.24. The molecule has 19 heavy (non-hydrogen) atoms. The Kier molecular flexibility index (Phi) is 3.37. The summed E-state index contributed by atoms with van der Waals surface area (Å²) in [6.07, 6.45) is 4.69. The number of aryl methyl sites for hydroxylation is 1. The maximum absolute atomic E-state index is 3.58. The quantitative estimate of drug-likeness (QED) is 0.843. The second-order valence-electron chi connectivity index (χ2n) is 5.09. The minimum Gasteiger partial charge on any atom is -0.379 e. The van der Waals surface area contributed by atoms with Crippen LogP contribution in [0.25, 0.3) is 5.57 Å². The molecule has 0 saturated heterocycles. The van der Waals surface area contributed by atoms with Crippen LogP contribution in [0.15, 0.2) is 60.7 Å². The van der Waals surface area contributed by atoms with E-state index in [4.69, 9.17) is 0 Å². The van der Waals surface area contributed by atoms with E-state index in [1.54, 1.807) is 0 Å². The first-order valence-corrected chi connectivity index (χ1v) is 6.94. The van der Waals surface area contributed by atoms with Crippen LogP contribution in [0.3, 0.4) is 0 Å². The zero-order chi connectivity index (χ0) is 13.1. The maximum atomic E-state index is 3.58. The average molecular weight is 249 g/mol. The van der Waals surface area contributed by atoms with Crippen LogP contribution in [0.5, 0.6) is 0 Å². The van der Waals surface area contributed by atoms with E-state index in [-0.39, 0.29) is 0 Å². The summed E-state index contributed by atoms with van der Waals surface area (Å²) in [5, 5.41) is 3.58. The van der Waals surface area contributed by atoms with Gasteiger partial charge in [-0.1, -0.05) is 48.5 Å². The highest BCUT2D eigenvalue weighted by atomic mass is 14.9. The number of hydrogen-bond acceptors (Lipinski definition) is 1. The Balaban J connectivity index is 1.84. The number of para-hydroxylation sites is 1. The molecule has 2 aromatic carbocycles. The van der Waals surface area contributed by atoms with Crippen molar-refractivity contribution in [2.45, 2.75) is 25.8 Å². The summed E-state index contributed by atoms with van der Waals surface area (Å²) in [4.78, 5) is 0. The number of benzene rings is 2. The van der Waals surface area contributed by atoms with Crippen molar-refractivity contribution in [1.29, 1.82) is 0 Å². The topological polar surface area (TPSA) is 12.0 Å². The summed E-state index contributed by atoms with van der Waals surface area (Å²) in [6.45, 7) is 2.24. The highest BCUT2D eigenvalue weighted by Gasteiger charge is 2.16. The van der Waals surface area contributed by atoms with Crippen molar-refractivity contribution in [1.82, 2.24) is 0 Å². The van der Waals surface area contributed by atoms with Gasteiger partial charge in [-0.05, 0) is 48.6 Å². The van der Waals surface area contributed by atoms with Gasteiger partial charge in [0.1, 0.15) is 0 Å². The van der Waals surface area contributed by atoms with Gasteiger partial charge in [0.15, 0.2) is 0 Å². The van der Waals surface area contributed by atoms with Crippen molar-refractivity contribution in [3.05, 3.63) is 71.8 Å². The Labute approximate surface area is 115 Å². The summed E-state index contributed by atoms with van der Waals surface area (Å²) < 4.78 is 0. The second kappa shape index (κ2) is 5.31. The largest absolute Gasteiger partial charge is 0.379 e. The van der Waals surface area contributed by atoms with Crippen molar-refractivity contribution < 1.29 is 0 Å². The highest BCUT2D eigenvalue weighted by Crippen LogP contribution is 2.29. The van der Waals surface area contributed by atoms with Crippen LogP contribution in [-0.2, 0) is 6.42 Å². The van der Waals surface area contributed by atoms with Gasteiger partial charge >= 0.3 is 0 Å². The Morgan fingerprint density at radius 2 is 1.68 bits per heavy atom. The molecule has 1 aliphatic rings. The Bertz CT molecular complexity index is 584. The first-order valence-electron chi connectivity index (χ1n) is 6.94. The molecule has 0 amide bonds. The molecule has 3 rings (SSSR count). The highest BCUT2D eigenvalue weighted by molar-refractivity contribution is 5.75. The van der Waals surface area contributed by atoms with Gasteiger partial charge in [-0.2, -0.15) is 0 Å². The van der Waals surface area contributed by atoms with E-state index in [9.17, 15) is 0 Å². The van der Waals surface area contributed by atoms with Crippen LogP contribution in [0, 0.1) is 0 Å². The molecule has 0 saturated carbocycles. The molecule has 0 bridgehead atoms. The fraction of sp³-hybridized carbons (Fsp3) is 0.222. The van der Waals surface area contributed by atoms with E-state index < -0.39 is 0 Å². The number of nitrogens with one attached hydrogen (secondary N) is 1. The lowest BCUT2D eigenvalue weighted by Crippen LogP contribution is -2.19. The minimum absolute atomic E-state index is 0.337. The molecular formula is C18H19N. The van der Waals surface area contributed by atoms with E-state index in [0.717, 1.165) is 12.8 Å². The van der Waals surface area contributed by atoms with Crippen LogP contribution in [0.1, 0.15) is 24.5 Å². The van der Waals surface area contributed by atoms with Gasteiger partial charge in [0.2, 0.25) is 0 Å². The van der Waals surface area contributed by atoms with Gasteiger partial charge in [-0.25, -0.2) is 0 Å². The standard InChI is InChI=1S/C18H19N/c1-14(19-16-10-3-2-4-11-16)17-13-7-9-15-8-5-6-12-18(15)17/h2-6,8,10-14,19H,7,9H2,1H3. The van der Waals surface area contributed by atoms with Gasteiger partial charge in [0.25, 0.3) is 0 Å². The lowest BCUT2D eigenvalue weighted by molar-refractivity contribution is 0.930. The number of hydrogen-bond donors (Lipinski definition) is 1. The van der Waals surface area contributed by atoms with Gasteiger partial charge in [-0.3, -0.25) is 0 Å². The van der Waals surface area contributed by atoms with Crippen molar-refractivity contribution >= 4 is 11.3 Å². The first-order chi connectivity index (χ1) is 9.34. The summed E-state index contributed by atoms with van der Waals surface area (Å²) in [5.74, 6) is 0. The smallest absolute Gasteiger partial charge is 0.0488 e. The van der Waals surface area contributed by atoms with Crippen molar-refractivity contribution in [3.63, 3.8) is 0 Å². The Morgan fingerprint density at radius 3 is 2.53 bits per heavy atom. The van der Waals surface area contributed by atoms with Crippen molar-refractivity contribution in [3.8, 4) is 0 Å². The SMILES string of the molecule is CC(Nc1ccccc1)C1=CCCc2ccccc21.